The van der Waals surface area contributed by atoms with Crippen molar-refractivity contribution in [3.05, 3.63) is 82.9 Å². The SMILES string of the molecule is CCc1cc(CNC[C@@H](O)[C@H](Cc2ccccc2)NC(=O)c2cc3c4c(cn(CC)c4c2)CCS(=O)(=O)N3C)on1.O=CO. The van der Waals surface area contributed by atoms with E-state index >= 15 is 0 Å². The zero-order chi connectivity index (χ0) is 31.9. The molecular formula is C31H39N5O7S. The maximum atomic E-state index is 13.7. The van der Waals surface area contributed by atoms with E-state index in [4.69, 9.17) is 14.4 Å². The number of aryl methyl sites for hydroxylation is 3. The molecule has 0 spiro atoms. The third-order valence-electron chi connectivity index (χ3n) is 7.73. The molecule has 2 aromatic carbocycles. The van der Waals surface area contributed by atoms with Crippen LogP contribution >= 0.6 is 0 Å². The van der Waals surface area contributed by atoms with E-state index in [0.29, 0.717) is 42.9 Å². The van der Waals surface area contributed by atoms with Gasteiger partial charge in [-0.15, -0.1) is 0 Å². The molecule has 0 bridgehead atoms. The third-order valence-corrected chi connectivity index (χ3v) is 9.48. The van der Waals surface area contributed by atoms with Crippen LogP contribution in [0.5, 0.6) is 0 Å². The average Bonchev–Trinajstić information content (AvgIpc) is 3.61. The molecule has 0 unspecified atom stereocenters. The number of nitrogens with zero attached hydrogens (tertiary/aromatic N) is 3. The fourth-order valence-corrected chi connectivity index (χ4v) is 6.54. The molecule has 4 aromatic rings. The molecule has 1 aliphatic heterocycles. The maximum Gasteiger partial charge on any atom is 0.290 e. The standard InChI is InChI=1S/C30H37N5O5S.CH2O2/c1-4-23-16-24(40-33-23)17-31-18-28(36)25(13-20-9-7-6-8-10-20)32-30(37)22-14-26-29-21(11-12-41(38,39)34(26)3)19-35(5-2)27(29)15-22;2-1-3/h6-10,14-16,19,25,28,31,36H,4-5,11-13,17-18H2,1-3H3,(H,32,37);1H,(H,2,3)/t25-,28+;/m0./s1. The Morgan fingerprint density at radius 1 is 1.18 bits per heavy atom. The summed E-state index contributed by atoms with van der Waals surface area (Å²) in [6, 6.07) is 14.4. The van der Waals surface area contributed by atoms with Crippen LogP contribution in [0.4, 0.5) is 5.69 Å². The smallest absolute Gasteiger partial charge is 0.290 e. The van der Waals surface area contributed by atoms with Crippen LogP contribution in [0.3, 0.4) is 0 Å². The lowest BCUT2D eigenvalue weighted by molar-refractivity contribution is -0.122. The lowest BCUT2D eigenvalue weighted by Crippen LogP contribution is -2.48. The van der Waals surface area contributed by atoms with Crippen molar-refractivity contribution in [1.82, 2.24) is 20.4 Å². The van der Waals surface area contributed by atoms with Gasteiger partial charge in [-0.05, 0) is 49.4 Å². The van der Waals surface area contributed by atoms with Gasteiger partial charge in [-0.3, -0.25) is 13.9 Å². The van der Waals surface area contributed by atoms with E-state index in [0.717, 1.165) is 34.1 Å². The fraction of sp³-hybridized carbons (Fsp3) is 0.387. The highest BCUT2D eigenvalue weighted by Crippen LogP contribution is 2.37. The molecule has 5 rings (SSSR count). The number of hydrogen-bond donors (Lipinski definition) is 4. The molecule has 4 N–H and O–H groups in total. The molecule has 0 saturated carbocycles. The van der Waals surface area contributed by atoms with E-state index in [2.05, 4.69) is 15.8 Å². The number of carbonyl (C=O) groups excluding carboxylic acids is 1. The molecule has 12 nitrogen and oxygen atoms in total. The first-order chi connectivity index (χ1) is 21.1. The van der Waals surface area contributed by atoms with Crippen molar-refractivity contribution in [2.75, 3.05) is 23.7 Å². The van der Waals surface area contributed by atoms with Crippen LogP contribution in [-0.2, 0) is 47.2 Å². The first-order valence-electron chi connectivity index (χ1n) is 14.5. The minimum atomic E-state index is -3.52. The molecular weight excluding hydrogens is 586 g/mol. The van der Waals surface area contributed by atoms with E-state index < -0.39 is 22.2 Å². The van der Waals surface area contributed by atoms with Gasteiger partial charge in [0, 0.05) is 43.4 Å². The number of benzene rings is 2. The number of hydrogen-bond acceptors (Lipinski definition) is 8. The second kappa shape index (κ2) is 14.5. The van der Waals surface area contributed by atoms with Gasteiger partial charge < -0.3 is 29.9 Å². The van der Waals surface area contributed by atoms with E-state index in [1.165, 1.54) is 11.4 Å². The van der Waals surface area contributed by atoms with Crippen molar-refractivity contribution in [2.45, 2.75) is 58.3 Å². The highest BCUT2D eigenvalue weighted by Gasteiger charge is 2.29. The van der Waals surface area contributed by atoms with E-state index in [1.54, 1.807) is 6.07 Å². The van der Waals surface area contributed by atoms with Crippen LogP contribution in [0.25, 0.3) is 10.9 Å². The molecule has 1 aliphatic rings. The number of carbonyl (C=O) groups is 2. The molecule has 0 fully saturated rings. The number of amides is 1. The maximum absolute atomic E-state index is 13.7. The van der Waals surface area contributed by atoms with Gasteiger partial charge in [-0.1, -0.05) is 42.4 Å². The Bertz CT molecular complexity index is 1680. The quantitative estimate of drug-likeness (QED) is 0.183. The Labute approximate surface area is 256 Å². The lowest BCUT2D eigenvalue weighted by Gasteiger charge is -2.25. The molecule has 13 heteroatoms. The summed E-state index contributed by atoms with van der Waals surface area (Å²) in [6.07, 6.45) is 2.68. The minimum absolute atomic E-state index is 0.00864. The average molecular weight is 626 g/mol. The van der Waals surface area contributed by atoms with Crippen molar-refractivity contribution >= 4 is 39.0 Å². The Hall–Kier alpha value is -4.20. The molecule has 0 aliphatic carbocycles. The summed E-state index contributed by atoms with van der Waals surface area (Å²) in [7, 11) is -1.99. The van der Waals surface area contributed by atoms with Crippen molar-refractivity contribution in [3.63, 3.8) is 0 Å². The second-order valence-corrected chi connectivity index (χ2v) is 12.7. The Kier molecular flexibility index (Phi) is 10.8. The molecule has 3 heterocycles. The van der Waals surface area contributed by atoms with Crippen molar-refractivity contribution < 1.29 is 32.7 Å². The predicted molar refractivity (Wildman–Crippen MR) is 167 cm³/mol. The largest absolute Gasteiger partial charge is 0.483 e. The van der Waals surface area contributed by atoms with Gasteiger partial charge in [-0.25, -0.2) is 8.42 Å². The summed E-state index contributed by atoms with van der Waals surface area (Å²) in [5.74, 6) is 0.300. The van der Waals surface area contributed by atoms with Crippen LogP contribution in [0.1, 0.15) is 46.8 Å². The molecule has 236 valence electrons. The van der Waals surface area contributed by atoms with Crippen molar-refractivity contribution in [1.29, 1.82) is 0 Å². The number of aromatic nitrogens is 2. The number of aliphatic hydroxyl groups excluding tert-OH is 1. The molecule has 0 saturated heterocycles. The van der Waals surface area contributed by atoms with E-state index in [9.17, 15) is 18.3 Å². The summed E-state index contributed by atoms with van der Waals surface area (Å²) < 4.78 is 34.5. The Morgan fingerprint density at radius 2 is 1.91 bits per heavy atom. The lowest BCUT2D eigenvalue weighted by atomic mass is 10.00. The van der Waals surface area contributed by atoms with E-state index in [1.807, 2.05) is 67.1 Å². The van der Waals surface area contributed by atoms with Crippen LogP contribution in [0.2, 0.25) is 0 Å². The highest BCUT2D eigenvalue weighted by atomic mass is 32.2. The molecule has 2 atom stereocenters. The number of sulfonamides is 1. The Balaban J connectivity index is 0.00000141. The minimum Gasteiger partial charge on any atom is -0.483 e. The molecule has 44 heavy (non-hydrogen) atoms. The predicted octanol–water partition coefficient (Wildman–Crippen LogP) is 2.73. The normalized spacial score (nSPS) is 15.1. The van der Waals surface area contributed by atoms with Crippen LogP contribution in [0.15, 0.2) is 59.3 Å². The summed E-state index contributed by atoms with van der Waals surface area (Å²) in [6.45, 7) is 5.06. The first kappa shape index (κ1) is 32.7. The molecule has 2 aromatic heterocycles. The third kappa shape index (κ3) is 7.47. The van der Waals surface area contributed by atoms with Gasteiger partial charge in [0.2, 0.25) is 10.0 Å². The fourth-order valence-electron chi connectivity index (χ4n) is 5.34. The highest BCUT2D eigenvalue weighted by molar-refractivity contribution is 7.92. The zero-order valence-corrected chi connectivity index (χ0v) is 25.9. The van der Waals surface area contributed by atoms with Gasteiger partial charge >= 0.3 is 0 Å². The van der Waals surface area contributed by atoms with E-state index in [-0.39, 0.29) is 24.7 Å². The number of aliphatic hydroxyl groups is 1. The first-order valence-corrected chi connectivity index (χ1v) is 16.1. The van der Waals surface area contributed by atoms with Crippen LogP contribution in [-0.4, -0.2) is 72.2 Å². The van der Waals surface area contributed by atoms with Gasteiger partial charge in [-0.2, -0.15) is 0 Å². The number of rotatable bonds is 11. The van der Waals surface area contributed by atoms with Gasteiger partial charge in [0.25, 0.3) is 12.4 Å². The Morgan fingerprint density at radius 3 is 2.57 bits per heavy atom. The monoisotopic (exact) mass is 625 g/mol. The summed E-state index contributed by atoms with van der Waals surface area (Å²) in [5.41, 5.74) is 4.43. The van der Waals surface area contributed by atoms with Crippen LogP contribution in [0, 0.1) is 0 Å². The summed E-state index contributed by atoms with van der Waals surface area (Å²) >= 11 is 0. The van der Waals surface area contributed by atoms with Crippen molar-refractivity contribution in [2.24, 2.45) is 0 Å². The van der Waals surface area contributed by atoms with Crippen LogP contribution < -0.4 is 14.9 Å². The summed E-state index contributed by atoms with van der Waals surface area (Å²) in [4.78, 5) is 22.1. The topological polar surface area (TPSA) is 167 Å². The van der Waals surface area contributed by atoms with Crippen molar-refractivity contribution in [3.8, 4) is 0 Å². The summed E-state index contributed by atoms with van der Waals surface area (Å²) in [5, 5.41) is 29.2. The number of anilines is 1. The second-order valence-electron chi connectivity index (χ2n) is 10.6. The van der Waals surface area contributed by atoms with Gasteiger partial charge in [0.15, 0.2) is 5.76 Å². The van der Waals surface area contributed by atoms with Gasteiger partial charge in [0.1, 0.15) is 0 Å². The molecule has 0 radical (unpaired) electrons. The van der Waals surface area contributed by atoms with Gasteiger partial charge in [0.05, 0.1) is 41.3 Å². The number of nitrogens with one attached hydrogen (secondary N) is 2. The molecule has 1 amide bonds. The number of carboxylic acid groups (broad SMARTS) is 1. The zero-order valence-electron chi connectivity index (χ0n) is 25.1.